The third kappa shape index (κ3) is 3.51. The molecule has 0 unspecified atom stereocenters. The molecule has 1 heterocycles. The Morgan fingerprint density at radius 1 is 0.920 bits per heavy atom. The van der Waals surface area contributed by atoms with Crippen LogP contribution in [0.2, 0.25) is 0 Å². The molecule has 9 nitrogen and oxygen atoms in total. The first kappa shape index (κ1) is 17.0. The summed E-state index contributed by atoms with van der Waals surface area (Å²) in [7, 11) is -7.87. The number of sulfone groups is 1. The van der Waals surface area contributed by atoms with Crippen LogP contribution in [-0.2, 0) is 19.9 Å². The molecular weight excluding hydrogens is 366 g/mol. The third-order valence-corrected chi connectivity index (χ3v) is 5.99. The van der Waals surface area contributed by atoms with Gasteiger partial charge in [-0.15, -0.1) is 5.10 Å². The van der Waals surface area contributed by atoms with Crippen LogP contribution in [0.3, 0.4) is 0 Å². The third-order valence-electron chi connectivity index (χ3n) is 3.28. The lowest BCUT2D eigenvalue weighted by atomic mass is 10.3. The topological polar surface area (TPSA) is 124 Å². The summed E-state index contributed by atoms with van der Waals surface area (Å²) in [6.45, 7) is 0. The van der Waals surface area contributed by atoms with Crippen molar-refractivity contribution in [3.63, 3.8) is 0 Å². The monoisotopic (exact) mass is 379 g/mol. The molecule has 2 aromatic carbocycles. The molecule has 25 heavy (non-hydrogen) atoms. The average molecular weight is 379 g/mol. The highest BCUT2D eigenvalue weighted by Gasteiger charge is 2.24. The van der Waals surface area contributed by atoms with Crippen molar-refractivity contribution in [2.75, 3.05) is 11.0 Å². The van der Waals surface area contributed by atoms with E-state index in [-0.39, 0.29) is 15.5 Å². The van der Waals surface area contributed by atoms with E-state index < -0.39 is 19.9 Å². The first-order chi connectivity index (χ1) is 11.8. The number of para-hydroxylation sites is 2. The molecule has 0 aliphatic carbocycles. The van der Waals surface area contributed by atoms with E-state index >= 15 is 0 Å². The maximum Gasteiger partial charge on any atom is 0.263 e. The highest BCUT2D eigenvalue weighted by molar-refractivity contribution is 7.95. The van der Waals surface area contributed by atoms with E-state index in [0.717, 1.165) is 6.26 Å². The molecule has 0 aliphatic heterocycles. The highest BCUT2D eigenvalue weighted by Crippen LogP contribution is 2.26. The molecule has 11 heteroatoms. The number of hydrogen-bond donors (Lipinski definition) is 1. The summed E-state index contributed by atoms with van der Waals surface area (Å²) < 4.78 is 53.0. The molecule has 3 aromatic rings. The van der Waals surface area contributed by atoms with Gasteiger partial charge in [-0.3, -0.25) is 4.72 Å². The van der Waals surface area contributed by atoms with Crippen molar-refractivity contribution in [2.24, 2.45) is 0 Å². The smallest absolute Gasteiger partial charge is 0.263 e. The van der Waals surface area contributed by atoms with Crippen LogP contribution in [0.4, 0.5) is 5.69 Å². The molecule has 0 saturated heterocycles. The van der Waals surface area contributed by atoms with Gasteiger partial charge in [0.1, 0.15) is 11.2 Å². The predicted octanol–water partition coefficient (Wildman–Crippen LogP) is 0.867. The number of rotatable bonds is 5. The lowest BCUT2D eigenvalue weighted by Crippen LogP contribution is -2.17. The maximum atomic E-state index is 12.8. The number of aromatic nitrogens is 4. The fourth-order valence-electron chi connectivity index (χ4n) is 2.21. The minimum absolute atomic E-state index is 0.207. The maximum absolute atomic E-state index is 12.8. The van der Waals surface area contributed by atoms with Gasteiger partial charge in [-0.05, 0) is 34.7 Å². The Labute approximate surface area is 144 Å². The highest BCUT2D eigenvalue weighted by atomic mass is 32.2. The molecule has 1 N–H and O–H groups in total. The molecule has 130 valence electrons. The molecule has 0 saturated carbocycles. The van der Waals surface area contributed by atoms with Crippen molar-refractivity contribution in [3.05, 3.63) is 54.9 Å². The molecule has 0 amide bonds. The molecule has 0 bridgehead atoms. The first-order valence-corrected chi connectivity index (χ1v) is 10.3. The summed E-state index contributed by atoms with van der Waals surface area (Å²) in [6.07, 6.45) is 2.27. The molecule has 0 radical (unpaired) electrons. The summed E-state index contributed by atoms with van der Waals surface area (Å²) in [5.74, 6) is 0. The minimum Gasteiger partial charge on any atom is -0.277 e. The van der Waals surface area contributed by atoms with Gasteiger partial charge < -0.3 is 0 Å². The second-order valence-electron chi connectivity index (χ2n) is 5.10. The zero-order chi connectivity index (χ0) is 18.1. The van der Waals surface area contributed by atoms with Gasteiger partial charge in [0.15, 0.2) is 9.84 Å². The number of tetrazole rings is 1. The summed E-state index contributed by atoms with van der Waals surface area (Å²) in [6, 6.07) is 11.9. The van der Waals surface area contributed by atoms with Crippen LogP contribution in [0.25, 0.3) is 5.69 Å². The van der Waals surface area contributed by atoms with Gasteiger partial charge in [0.05, 0.1) is 16.3 Å². The molecular formula is C14H13N5O4S2. The Kier molecular flexibility index (Phi) is 4.27. The van der Waals surface area contributed by atoms with Gasteiger partial charge in [0.2, 0.25) is 0 Å². The van der Waals surface area contributed by atoms with Crippen LogP contribution in [-0.4, -0.2) is 43.3 Å². The van der Waals surface area contributed by atoms with E-state index in [4.69, 9.17) is 0 Å². The zero-order valence-corrected chi connectivity index (χ0v) is 14.6. The van der Waals surface area contributed by atoms with E-state index in [9.17, 15) is 16.8 Å². The van der Waals surface area contributed by atoms with E-state index in [2.05, 4.69) is 20.2 Å². The van der Waals surface area contributed by atoms with Crippen LogP contribution in [0.15, 0.2) is 64.6 Å². The van der Waals surface area contributed by atoms with Gasteiger partial charge in [0.25, 0.3) is 10.0 Å². The molecule has 0 aliphatic rings. The van der Waals surface area contributed by atoms with Crippen LogP contribution >= 0.6 is 0 Å². The average Bonchev–Trinajstić information content (AvgIpc) is 3.08. The van der Waals surface area contributed by atoms with Crippen molar-refractivity contribution in [1.82, 2.24) is 20.2 Å². The molecule has 0 spiro atoms. The molecule has 0 atom stereocenters. The van der Waals surface area contributed by atoms with Gasteiger partial charge in [-0.1, -0.05) is 24.3 Å². The van der Waals surface area contributed by atoms with Crippen LogP contribution < -0.4 is 4.72 Å². The quantitative estimate of drug-likeness (QED) is 0.697. The zero-order valence-electron chi connectivity index (χ0n) is 12.9. The molecule has 0 fully saturated rings. The summed E-state index contributed by atoms with van der Waals surface area (Å²) in [5.41, 5.74) is 0.603. The van der Waals surface area contributed by atoms with E-state index in [1.54, 1.807) is 18.2 Å². The van der Waals surface area contributed by atoms with Gasteiger partial charge in [-0.2, -0.15) is 4.68 Å². The number of anilines is 1. The summed E-state index contributed by atoms with van der Waals surface area (Å²) in [4.78, 5) is -0.605. The summed E-state index contributed by atoms with van der Waals surface area (Å²) >= 11 is 0. The first-order valence-electron chi connectivity index (χ1n) is 6.93. The van der Waals surface area contributed by atoms with Crippen molar-refractivity contribution >= 4 is 25.5 Å². The van der Waals surface area contributed by atoms with Crippen molar-refractivity contribution in [3.8, 4) is 5.69 Å². The van der Waals surface area contributed by atoms with Crippen LogP contribution in [0.1, 0.15) is 0 Å². The number of nitrogens with one attached hydrogen (secondary N) is 1. The van der Waals surface area contributed by atoms with Gasteiger partial charge in [0, 0.05) is 6.26 Å². The number of nitrogens with zero attached hydrogens (tertiary/aromatic N) is 4. The standard InChI is InChI=1S/C14H13N5O4S2/c1-24(20,21)13-8-4-5-9-14(13)25(22,23)16-11-6-2-3-7-12(11)19-10-15-17-18-19/h2-10,16H,1H3. The second-order valence-corrected chi connectivity index (χ2v) is 8.73. The Hall–Kier alpha value is -2.79. The normalized spacial score (nSPS) is 12.0. The van der Waals surface area contributed by atoms with E-state index in [1.807, 2.05) is 0 Å². The largest absolute Gasteiger partial charge is 0.277 e. The SMILES string of the molecule is CS(=O)(=O)c1ccccc1S(=O)(=O)Nc1ccccc1-n1cnnn1. The van der Waals surface area contributed by atoms with Gasteiger partial charge >= 0.3 is 0 Å². The number of benzene rings is 2. The minimum atomic E-state index is -4.15. The fourth-order valence-corrected chi connectivity index (χ4v) is 4.91. The Morgan fingerprint density at radius 2 is 1.56 bits per heavy atom. The molecule has 1 aromatic heterocycles. The Morgan fingerprint density at radius 3 is 2.20 bits per heavy atom. The second kappa shape index (κ2) is 6.26. The van der Waals surface area contributed by atoms with Crippen molar-refractivity contribution < 1.29 is 16.8 Å². The van der Waals surface area contributed by atoms with Crippen LogP contribution in [0, 0.1) is 0 Å². The Bertz CT molecular complexity index is 1110. The number of hydrogen-bond acceptors (Lipinski definition) is 7. The summed E-state index contributed by atoms with van der Waals surface area (Å²) in [5, 5.41) is 10.8. The van der Waals surface area contributed by atoms with Gasteiger partial charge in [-0.25, -0.2) is 16.8 Å². The van der Waals surface area contributed by atoms with E-state index in [0.29, 0.717) is 5.69 Å². The van der Waals surface area contributed by atoms with Crippen LogP contribution in [0.5, 0.6) is 0 Å². The lowest BCUT2D eigenvalue weighted by molar-refractivity contribution is 0.588. The van der Waals surface area contributed by atoms with E-state index in [1.165, 1.54) is 41.3 Å². The predicted molar refractivity (Wildman–Crippen MR) is 89.5 cm³/mol. The fraction of sp³-hybridized carbons (Fsp3) is 0.0714. The Balaban J connectivity index is 2.09. The lowest BCUT2D eigenvalue weighted by Gasteiger charge is -2.13. The molecule has 3 rings (SSSR count). The number of sulfonamides is 1. The van der Waals surface area contributed by atoms with Crippen molar-refractivity contribution in [1.29, 1.82) is 0 Å². The van der Waals surface area contributed by atoms with Crippen molar-refractivity contribution in [2.45, 2.75) is 9.79 Å².